The van der Waals surface area contributed by atoms with E-state index in [-0.39, 0.29) is 0 Å². The monoisotopic (exact) mass is 175 g/mol. The molecule has 0 aliphatic heterocycles. The molecule has 0 spiro atoms. The van der Waals surface area contributed by atoms with Crippen LogP contribution in [0, 0.1) is 0 Å². The van der Waals surface area contributed by atoms with E-state index >= 15 is 0 Å². The fourth-order valence-electron chi connectivity index (χ4n) is 1.05. The molecule has 0 aliphatic rings. The van der Waals surface area contributed by atoms with Gasteiger partial charge < -0.3 is 5.32 Å². The Morgan fingerprint density at radius 1 is 1.31 bits per heavy atom. The van der Waals surface area contributed by atoms with E-state index in [2.05, 4.69) is 25.5 Å². The van der Waals surface area contributed by atoms with E-state index in [1.807, 2.05) is 13.0 Å². The Balaban J connectivity index is 2.49. The lowest BCUT2D eigenvalue weighted by molar-refractivity contribution is 1.03. The first-order valence-corrected chi connectivity index (χ1v) is 4.07. The molecule has 0 bridgehead atoms. The van der Waals surface area contributed by atoms with Crippen LogP contribution in [0.5, 0.6) is 0 Å². The zero-order valence-electron chi connectivity index (χ0n) is 7.23. The van der Waals surface area contributed by atoms with Gasteiger partial charge in [-0.3, -0.25) is 0 Å². The molecular formula is C8H9N5. The molecule has 0 radical (unpaired) electrons. The minimum absolute atomic E-state index is 0.712. The minimum atomic E-state index is 0.712. The summed E-state index contributed by atoms with van der Waals surface area (Å²) in [6.45, 7) is 2.83. The van der Waals surface area contributed by atoms with Crippen LogP contribution in [-0.4, -0.2) is 26.7 Å². The van der Waals surface area contributed by atoms with E-state index in [1.165, 1.54) is 6.33 Å². The third kappa shape index (κ3) is 1.53. The van der Waals surface area contributed by atoms with E-state index in [9.17, 15) is 0 Å². The molecular weight excluding hydrogens is 166 g/mol. The quantitative estimate of drug-likeness (QED) is 0.733. The summed E-state index contributed by atoms with van der Waals surface area (Å²) in [6.07, 6.45) is 3.14. The van der Waals surface area contributed by atoms with Gasteiger partial charge in [0, 0.05) is 12.6 Å². The van der Waals surface area contributed by atoms with Crippen LogP contribution in [0.3, 0.4) is 0 Å². The Morgan fingerprint density at radius 3 is 3.08 bits per heavy atom. The average Bonchev–Trinajstić information content (AvgIpc) is 2.18. The smallest absolute Gasteiger partial charge is 0.150 e. The Bertz CT molecular complexity index is 414. The molecule has 2 heterocycles. The number of hydrogen-bond acceptors (Lipinski definition) is 5. The van der Waals surface area contributed by atoms with Crippen LogP contribution in [0.1, 0.15) is 6.92 Å². The molecule has 0 aliphatic carbocycles. The number of aromatic nitrogens is 4. The first-order valence-electron chi connectivity index (χ1n) is 4.07. The van der Waals surface area contributed by atoms with Gasteiger partial charge in [0.05, 0.1) is 11.7 Å². The highest BCUT2D eigenvalue weighted by Gasteiger charge is 1.98. The van der Waals surface area contributed by atoms with Crippen molar-refractivity contribution in [1.29, 1.82) is 0 Å². The first kappa shape index (κ1) is 7.85. The SMILES string of the molecule is CCNc1cc2ncncc2nn1. The van der Waals surface area contributed by atoms with Crippen LogP contribution >= 0.6 is 0 Å². The highest BCUT2D eigenvalue weighted by atomic mass is 15.2. The molecule has 2 rings (SSSR count). The van der Waals surface area contributed by atoms with Gasteiger partial charge in [-0.1, -0.05) is 0 Å². The molecule has 66 valence electrons. The second-order valence-corrected chi connectivity index (χ2v) is 2.55. The van der Waals surface area contributed by atoms with Gasteiger partial charge in [0.1, 0.15) is 11.8 Å². The van der Waals surface area contributed by atoms with E-state index in [0.29, 0.717) is 5.52 Å². The maximum atomic E-state index is 4.07. The Labute approximate surface area is 75.2 Å². The second-order valence-electron chi connectivity index (χ2n) is 2.55. The van der Waals surface area contributed by atoms with Gasteiger partial charge in [0.15, 0.2) is 5.82 Å². The van der Waals surface area contributed by atoms with Crippen LogP contribution < -0.4 is 5.32 Å². The molecule has 0 amide bonds. The predicted octanol–water partition coefficient (Wildman–Crippen LogP) is 0.852. The zero-order chi connectivity index (χ0) is 9.10. The molecule has 1 N–H and O–H groups in total. The zero-order valence-corrected chi connectivity index (χ0v) is 7.23. The van der Waals surface area contributed by atoms with Gasteiger partial charge in [-0.2, -0.15) is 0 Å². The summed E-state index contributed by atoms with van der Waals surface area (Å²) in [7, 11) is 0. The number of hydrogen-bond donors (Lipinski definition) is 1. The van der Waals surface area contributed by atoms with Crippen molar-refractivity contribution in [3.8, 4) is 0 Å². The molecule has 13 heavy (non-hydrogen) atoms. The van der Waals surface area contributed by atoms with Gasteiger partial charge in [-0.25, -0.2) is 9.97 Å². The molecule has 0 unspecified atom stereocenters. The maximum absolute atomic E-state index is 4.07. The summed E-state index contributed by atoms with van der Waals surface area (Å²) in [4.78, 5) is 7.93. The summed E-state index contributed by atoms with van der Waals surface area (Å²) in [5, 5.41) is 11.0. The van der Waals surface area contributed by atoms with Crippen LogP contribution in [0.25, 0.3) is 11.0 Å². The summed E-state index contributed by atoms with van der Waals surface area (Å²) >= 11 is 0. The number of nitrogens with one attached hydrogen (secondary N) is 1. The molecule has 2 aromatic heterocycles. The summed E-state index contributed by atoms with van der Waals surface area (Å²) < 4.78 is 0. The van der Waals surface area contributed by atoms with Crippen molar-refractivity contribution in [1.82, 2.24) is 20.2 Å². The van der Waals surface area contributed by atoms with Crippen LogP contribution in [0.15, 0.2) is 18.6 Å². The van der Waals surface area contributed by atoms with Gasteiger partial charge in [-0.15, -0.1) is 10.2 Å². The number of anilines is 1. The van der Waals surface area contributed by atoms with Gasteiger partial charge in [0.2, 0.25) is 0 Å². The number of fused-ring (bicyclic) bond motifs is 1. The highest BCUT2D eigenvalue weighted by Crippen LogP contribution is 2.08. The van der Waals surface area contributed by atoms with E-state index in [4.69, 9.17) is 0 Å². The summed E-state index contributed by atoms with van der Waals surface area (Å²) in [6, 6.07) is 1.85. The van der Waals surface area contributed by atoms with E-state index < -0.39 is 0 Å². The van der Waals surface area contributed by atoms with E-state index in [1.54, 1.807) is 6.20 Å². The largest absolute Gasteiger partial charge is 0.369 e. The summed E-state index contributed by atoms with van der Waals surface area (Å²) in [5.41, 5.74) is 1.52. The Morgan fingerprint density at radius 2 is 2.23 bits per heavy atom. The Hall–Kier alpha value is -1.78. The molecule has 2 aromatic rings. The van der Waals surface area contributed by atoms with Crippen molar-refractivity contribution in [3.63, 3.8) is 0 Å². The van der Waals surface area contributed by atoms with Gasteiger partial charge in [-0.05, 0) is 6.92 Å². The van der Waals surface area contributed by atoms with Crippen LogP contribution in [0.4, 0.5) is 5.82 Å². The molecule has 0 aromatic carbocycles. The molecule has 0 fully saturated rings. The van der Waals surface area contributed by atoms with Crippen LogP contribution in [-0.2, 0) is 0 Å². The lowest BCUT2D eigenvalue weighted by Gasteiger charge is -2.00. The molecule has 0 saturated heterocycles. The van der Waals surface area contributed by atoms with Crippen molar-refractivity contribution in [3.05, 3.63) is 18.6 Å². The fraction of sp³-hybridized carbons (Fsp3) is 0.250. The number of rotatable bonds is 2. The Kier molecular flexibility index (Phi) is 1.99. The van der Waals surface area contributed by atoms with E-state index in [0.717, 1.165) is 17.9 Å². The van der Waals surface area contributed by atoms with Crippen molar-refractivity contribution in [2.24, 2.45) is 0 Å². The predicted molar refractivity (Wildman–Crippen MR) is 49.3 cm³/mol. The van der Waals surface area contributed by atoms with Gasteiger partial charge in [0.25, 0.3) is 0 Å². The fourth-order valence-corrected chi connectivity index (χ4v) is 1.05. The third-order valence-corrected chi connectivity index (χ3v) is 1.62. The lowest BCUT2D eigenvalue weighted by Crippen LogP contribution is -2.00. The third-order valence-electron chi connectivity index (χ3n) is 1.62. The minimum Gasteiger partial charge on any atom is -0.369 e. The standard InChI is InChI=1S/C8H9N5/c1-2-10-8-3-6-7(12-13-8)4-9-5-11-6/h3-5H,2H2,1H3,(H,10,13). The summed E-state index contributed by atoms with van der Waals surface area (Å²) in [5.74, 6) is 0.744. The van der Waals surface area contributed by atoms with Crippen molar-refractivity contribution < 1.29 is 0 Å². The maximum Gasteiger partial charge on any atom is 0.150 e. The second kappa shape index (κ2) is 3.30. The number of nitrogens with zero attached hydrogens (tertiary/aromatic N) is 4. The topological polar surface area (TPSA) is 63.6 Å². The van der Waals surface area contributed by atoms with Crippen LogP contribution in [0.2, 0.25) is 0 Å². The van der Waals surface area contributed by atoms with Gasteiger partial charge >= 0.3 is 0 Å². The lowest BCUT2D eigenvalue weighted by atomic mass is 10.4. The molecule has 0 saturated carbocycles. The first-order chi connectivity index (χ1) is 6.40. The van der Waals surface area contributed by atoms with Crippen molar-refractivity contribution in [2.75, 3.05) is 11.9 Å². The average molecular weight is 175 g/mol. The molecule has 5 nitrogen and oxygen atoms in total. The van der Waals surface area contributed by atoms with Crippen molar-refractivity contribution in [2.45, 2.75) is 6.92 Å². The van der Waals surface area contributed by atoms with Crippen molar-refractivity contribution >= 4 is 16.9 Å². The normalized spacial score (nSPS) is 10.2. The highest BCUT2D eigenvalue weighted by molar-refractivity contribution is 5.74. The molecule has 0 atom stereocenters. The molecule has 5 heteroatoms.